The standard InChI is InChI=1S/C31H45F6N5O5/c1-18(2)24(39-28(46)30(32,33)34)26(44)38-22(15-20-11-7-5-8-12-20)23(43)17-42(16-21-13-9-6-10-14-21)41-27(45)25(19(3)4)40-29(47)31(35,36)37/h5,7-8,11-12,18-19,21-25,43H,6,9-10,13-17H2,1-4H3,(H,38,44)(H,39,46)(H,40,47)(H,41,45)/t22?,23?,24-,25-/m0/s1. The number of nitrogens with zero attached hydrogens (tertiary/aromatic N) is 1. The summed E-state index contributed by atoms with van der Waals surface area (Å²) >= 11 is 0. The minimum absolute atomic E-state index is 0.00720. The number of amides is 4. The summed E-state index contributed by atoms with van der Waals surface area (Å²) < 4.78 is 77.9. The number of carbonyl (C=O) groups is 4. The summed E-state index contributed by atoms with van der Waals surface area (Å²) in [6.45, 7) is 5.65. The van der Waals surface area contributed by atoms with E-state index in [1.54, 1.807) is 41.0 Å². The van der Waals surface area contributed by atoms with Gasteiger partial charge in [-0.15, -0.1) is 0 Å². The van der Waals surface area contributed by atoms with Crippen LogP contribution in [0.2, 0.25) is 0 Å². The van der Waals surface area contributed by atoms with E-state index < -0.39 is 72.0 Å². The Kier molecular flexibility index (Phi) is 15.0. The Balaban J connectivity index is 2.35. The molecule has 4 amide bonds. The maximum atomic E-state index is 13.3. The number of hydrogen-bond donors (Lipinski definition) is 5. The SMILES string of the molecule is CC(C)[C@H](NC(=O)C(F)(F)F)C(=O)NC(Cc1ccccc1)C(O)CN(CC1CCCCC1)NC(=O)[C@@H](NC(=O)C(F)(F)F)C(C)C. The molecule has 47 heavy (non-hydrogen) atoms. The topological polar surface area (TPSA) is 140 Å². The van der Waals surface area contributed by atoms with Crippen molar-refractivity contribution in [3.8, 4) is 0 Å². The summed E-state index contributed by atoms with van der Waals surface area (Å²) in [7, 11) is 0. The van der Waals surface area contributed by atoms with E-state index in [0.717, 1.165) is 32.1 Å². The Bertz CT molecular complexity index is 1180. The number of carbonyl (C=O) groups excluding carboxylic acids is 4. The normalized spacial score (nSPS) is 17.1. The molecule has 0 heterocycles. The molecule has 0 aliphatic heterocycles. The average molecular weight is 682 g/mol. The maximum absolute atomic E-state index is 13.3. The average Bonchev–Trinajstić information content (AvgIpc) is 2.97. The number of rotatable bonds is 15. The van der Waals surface area contributed by atoms with E-state index in [4.69, 9.17) is 0 Å². The Morgan fingerprint density at radius 2 is 1.28 bits per heavy atom. The van der Waals surface area contributed by atoms with Crippen LogP contribution in [0.4, 0.5) is 26.3 Å². The van der Waals surface area contributed by atoms with Gasteiger partial charge in [0.2, 0.25) is 5.91 Å². The summed E-state index contributed by atoms with van der Waals surface area (Å²) in [5.74, 6) is -7.96. The smallest absolute Gasteiger partial charge is 0.390 e. The van der Waals surface area contributed by atoms with Crippen molar-refractivity contribution < 1.29 is 50.6 Å². The van der Waals surface area contributed by atoms with Crippen molar-refractivity contribution in [3.63, 3.8) is 0 Å². The third kappa shape index (κ3) is 13.3. The van der Waals surface area contributed by atoms with Gasteiger partial charge in [-0.25, -0.2) is 5.01 Å². The fourth-order valence-corrected chi connectivity index (χ4v) is 5.37. The van der Waals surface area contributed by atoms with Gasteiger partial charge >= 0.3 is 24.2 Å². The molecule has 266 valence electrons. The van der Waals surface area contributed by atoms with E-state index in [1.165, 1.54) is 32.7 Å². The molecule has 0 spiro atoms. The number of alkyl halides is 6. The number of hydrogen-bond acceptors (Lipinski definition) is 6. The van der Waals surface area contributed by atoms with Gasteiger partial charge in [-0.1, -0.05) is 77.3 Å². The number of aliphatic hydroxyl groups excluding tert-OH is 1. The molecule has 1 aliphatic rings. The van der Waals surface area contributed by atoms with Crippen LogP contribution in [0, 0.1) is 17.8 Å². The second-order valence-corrected chi connectivity index (χ2v) is 12.6. The van der Waals surface area contributed by atoms with Crippen LogP contribution < -0.4 is 21.4 Å². The van der Waals surface area contributed by atoms with Crippen LogP contribution in [0.3, 0.4) is 0 Å². The molecular formula is C31H45F6N5O5. The van der Waals surface area contributed by atoms with Gasteiger partial charge in [0.05, 0.1) is 12.1 Å². The van der Waals surface area contributed by atoms with Gasteiger partial charge in [0.25, 0.3) is 5.91 Å². The van der Waals surface area contributed by atoms with E-state index >= 15 is 0 Å². The summed E-state index contributed by atoms with van der Waals surface area (Å²) in [4.78, 5) is 49.8. The Labute approximate surface area is 270 Å². The Hall–Kier alpha value is -3.40. The first-order valence-electron chi connectivity index (χ1n) is 15.6. The monoisotopic (exact) mass is 681 g/mol. The quantitative estimate of drug-likeness (QED) is 0.142. The fourth-order valence-electron chi connectivity index (χ4n) is 5.37. The molecule has 0 saturated heterocycles. The van der Waals surface area contributed by atoms with Gasteiger partial charge in [-0.05, 0) is 42.6 Å². The van der Waals surface area contributed by atoms with Gasteiger partial charge in [0, 0.05) is 13.1 Å². The van der Waals surface area contributed by atoms with Gasteiger partial charge in [-0.2, -0.15) is 26.3 Å². The van der Waals surface area contributed by atoms with Gasteiger partial charge in [0.1, 0.15) is 12.1 Å². The second-order valence-electron chi connectivity index (χ2n) is 12.6. The van der Waals surface area contributed by atoms with Crippen molar-refractivity contribution in [2.75, 3.05) is 13.1 Å². The first-order valence-corrected chi connectivity index (χ1v) is 15.6. The lowest BCUT2D eigenvalue weighted by Gasteiger charge is -2.35. The molecule has 1 aromatic rings. The molecule has 4 atom stereocenters. The number of aliphatic hydroxyl groups is 1. The third-order valence-corrected chi connectivity index (χ3v) is 7.96. The molecule has 1 saturated carbocycles. The molecule has 1 aromatic carbocycles. The number of halogens is 6. The zero-order valence-corrected chi connectivity index (χ0v) is 26.9. The fraction of sp³-hybridized carbons (Fsp3) is 0.677. The van der Waals surface area contributed by atoms with E-state index in [0.29, 0.717) is 5.56 Å². The van der Waals surface area contributed by atoms with Crippen molar-refractivity contribution in [2.45, 2.75) is 103 Å². The molecular weight excluding hydrogens is 636 g/mol. The van der Waals surface area contributed by atoms with Crippen LogP contribution in [-0.2, 0) is 25.6 Å². The predicted octanol–water partition coefficient (Wildman–Crippen LogP) is 3.39. The largest absolute Gasteiger partial charge is 0.471 e. The lowest BCUT2D eigenvalue weighted by atomic mass is 9.89. The van der Waals surface area contributed by atoms with Crippen LogP contribution in [0.15, 0.2) is 30.3 Å². The lowest BCUT2D eigenvalue weighted by Crippen LogP contribution is -2.60. The van der Waals surface area contributed by atoms with Crippen molar-refractivity contribution >= 4 is 23.6 Å². The van der Waals surface area contributed by atoms with E-state index in [1.807, 2.05) is 0 Å². The van der Waals surface area contributed by atoms with Gasteiger partial charge in [-0.3, -0.25) is 24.6 Å². The molecule has 10 nitrogen and oxygen atoms in total. The highest BCUT2D eigenvalue weighted by Gasteiger charge is 2.43. The molecule has 5 N–H and O–H groups in total. The van der Waals surface area contributed by atoms with Crippen molar-refractivity contribution in [2.24, 2.45) is 17.8 Å². The van der Waals surface area contributed by atoms with Crippen LogP contribution in [0.1, 0.15) is 65.4 Å². The molecule has 0 radical (unpaired) electrons. The minimum atomic E-state index is -5.23. The second kappa shape index (κ2) is 17.7. The van der Waals surface area contributed by atoms with Gasteiger partial charge in [0.15, 0.2) is 0 Å². The first-order chi connectivity index (χ1) is 21.8. The molecule has 0 aromatic heterocycles. The van der Waals surface area contributed by atoms with Crippen molar-refractivity contribution in [1.29, 1.82) is 0 Å². The highest BCUT2D eigenvalue weighted by Crippen LogP contribution is 2.25. The van der Waals surface area contributed by atoms with Crippen LogP contribution in [-0.4, -0.2) is 83.4 Å². The summed E-state index contributed by atoms with van der Waals surface area (Å²) in [5, 5.41) is 18.8. The molecule has 2 unspecified atom stereocenters. The molecule has 1 fully saturated rings. The van der Waals surface area contributed by atoms with Crippen LogP contribution in [0.5, 0.6) is 0 Å². The Morgan fingerprint density at radius 3 is 1.74 bits per heavy atom. The minimum Gasteiger partial charge on any atom is -0.390 e. The number of hydrazine groups is 1. The molecule has 16 heteroatoms. The zero-order chi connectivity index (χ0) is 35.5. The molecule has 1 aliphatic carbocycles. The predicted molar refractivity (Wildman–Crippen MR) is 160 cm³/mol. The van der Waals surface area contributed by atoms with Gasteiger partial charge < -0.3 is 21.1 Å². The number of benzene rings is 1. The number of nitrogens with one attached hydrogen (secondary N) is 4. The van der Waals surface area contributed by atoms with E-state index in [9.17, 15) is 50.6 Å². The molecule has 2 rings (SSSR count). The highest BCUT2D eigenvalue weighted by atomic mass is 19.4. The van der Waals surface area contributed by atoms with Crippen LogP contribution in [0.25, 0.3) is 0 Å². The Morgan fingerprint density at radius 1 is 0.787 bits per heavy atom. The summed E-state index contributed by atoms with van der Waals surface area (Å²) in [6, 6.07) is 4.25. The van der Waals surface area contributed by atoms with Crippen LogP contribution >= 0.6 is 0 Å². The van der Waals surface area contributed by atoms with Crippen molar-refractivity contribution in [1.82, 2.24) is 26.4 Å². The summed E-state index contributed by atoms with van der Waals surface area (Å²) in [6.07, 6.45) is -7.48. The van der Waals surface area contributed by atoms with E-state index in [-0.39, 0.29) is 25.4 Å². The lowest BCUT2D eigenvalue weighted by molar-refractivity contribution is -0.175. The van der Waals surface area contributed by atoms with E-state index in [2.05, 4.69) is 10.7 Å². The van der Waals surface area contributed by atoms with Crippen molar-refractivity contribution in [3.05, 3.63) is 35.9 Å². The maximum Gasteiger partial charge on any atom is 0.471 e. The molecule has 0 bridgehead atoms. The zero-order valence-electron chi connectivity index (χ0n) is 26.9. The highest BCUT2D eigenvalue weighted by molar-refractivity contribution is 5.90. The third-order valence-electron chi connectivity index (χ3n) is 7.96. The first kappa shape index (κ1) is 39.8. The summed E-state index contributed by atoms with van der Waals surface area (Å²) in [5.41, 5.74) is 3.19.